The van der Waals surface area contributed by atoms with Crippen LogP contribution in [0.4, 0.5) is 5.69 Å². The molecule has 1 N–H and O–H groups in total. The number of hydrogen-bond acceptors (Lipinski definition) is 6. The normalized spacial score (nSPS) is 28.9. The standard InChI is InChI=1S/C36H43ClN2O6/c1-5-7-8-14-20-44-34(43)30-29-32(41)39(26(23-40)21-25-15-10-9-11-16-25)31(36(29)22-24(3)35(30,4)45-36)33(42)38(19-6-2)28-18-13-12-17-27(28)37/h5-6,9-13,15-18,24,26,29-31,40H,1-2,7-8,14,19-23H2,3-4H3/t24?,26-,29+,30-,31?,35+,36?/m1/s1. The van der Waals surface area contributed by atoms with Crippen molar-refractivity contribution in [3.8, 4) is 0 Å². The van der Waals surface area contributed by atoms with Crippen LogP contribution in [0.3, 0.4) is 0 Å². The number of aliphatic hydroxyl groups is 1. The molecule has 3 heterocycles. The van der Waals surface area contributed by atoms with E-state index in [-0.39, 0.29) is 31.6 Å². The lowest BCUT2D eigenvalue weighted by Crippen LogP contribution is -2.59. The SMILES string of the molecule is C=CCCCCOC(=O)[C@H]1[C@H]2C(=O)N([C@@H](CO)Cc3ccccc3)C(C(=O)N(CC=C)c3ccccc3Cl)C23CC(C)[C@]1(C)O3. The lowest BCUT2D eigenvalue weighted by Gasteiger charge is -2.39. The number of carbonyl (C=O) groups excluding carboxylic acids is 3. The van der Waals surface area contributed by atoms with Crippen molar-refractivity contribution in [3.63, 3.8) is 0 Å². The molecular formula is C36H43ClN2O6. The summed E-state index contributed by atoms with van der Waals surface area (Å²) in [5.41, 5.74) is -0.938. The van der Waals surface area contributed by atoms with E-state index in [0.29, 0.717) is 30.0 Å². The molecule has 3 unspecified atom stereocenters. The summed E-state index contributed by atoms with van der Waals surface area (Å²) < 4.78 is 12.6. The number of halogens is 1. The summed E-state index contributed by atoms with van der Waals surface area (Å²) >= 11 is 6.60. The van der Waals surface area contributed by atoms with Gasteiger partial charge in [-0.05, 0) is 62.6 Å². The van der Waals surface area contributed by atoms with Crippen molar-refractivity contribution in [3.05, 3.63) is 90.5 Å². The average Bonchev–Trinajstić information content (AvgIpc) is 3.55. The van der Waals surface area contributed by atoms with Gasteiger partial charge in [-0.15, -0.1) is 13.2 Å². The molecule has 3 aliphatic rings. The van der Waals surface area contributed by atoms with Crippen LogP contribution in [0.25, 0.3) is 0 Å². The molecule has 2 bridgehead atoms. The number of esters is 1. The van der Waals surface area contributed by atoms with Crippen molar-refractivity contribution in [1.82, 2.24) is 4.90 Å². The molecule has 2 aromatic rings. The van der Waals surface area contributed by atoms with Crippen molar-refractivity contribution >= 4 is 35.1 Å². The van der Waals surface area contributed by atoms with Crippen molar-refractivity contribution in [2.75, 3.05) is 24.7 Å². The van der Waals surface area contributed by atoms with Crippen LogP contribution in [-0.4, -0.2) is 70.8 Å². The fraction of sp³-hybridized carbons (Fsp3) is 0.472. The first-order valence-corrected chi connectivity index (χ1v) is 16.1. The summed E-state index contributed by atoms with van der Waals surface area (Å²) in [5.74, 6) is -3.28. The van der Waals surface area contributed by atoms with E-state index in [4.69, 9.17) is 21.1 Å². The second-order valence-electron chi connectivity index (χ2n) is 12.6. The van der Waals surface area contributed by atoms with Gasteiger partial charge in [-0.3, -0.25) is 14.4 Å². The number of nitrogens with zero attached hydrogens (tertiary/aromatic N) is 2. The molecule has 2 aromatic carbocycles. The molecule has 3 saturated heterocycles. The van der Waals surface area contributed by atoms with Crippen molar-refractivity contribution in [1.29, 1.82) is 0 Å². The van der Waals surface area contributed by atoms with Gasteiger partial charge in [0, 0.05) is 6.54 Å². The number of likely N-dealkylation sites (tertiary alicyclic amines) is 1. The number of ether oxygens (including phenoxy) is 2. The average molecular weight is 635 g/mol. The van der Waals surface area contributed by atoms with Crippen LogP contribution in [0.5, 0.6) is 0 Å². The molecule has 0 saturated carbocycles. The molecule has 0 aliphatic carbocycles. The van der Waals surface area contributed by atoms with E-state index < -0.39 is 47.0 Å². The van der Waals surface area contributed by atoms with Crippen LogP contribution in [0, 0.1) is 17.8 Å². The number of aliphatic hydroxyl groups excluding tert-OH is 1. The fourth-order valence-electron chi connectivity index (χ4n) is 7.75. The van der Waals surface area contributed by atoms with E-state index in [2.05, 4.69) is 13.2 Å². The van der Waals surface area contributed by atoms with E-state index in [9.17, 15) is 19.5 Å². The third-order valence-electron chi connectivity index (χ3n) is 9.93. The van der Waals surface area contributed by atoms with Gasteiger partial charge in [0.05, 0.1) is 41.5 Å². The molecule has 240 valence electrons. The van der Waals surface area contributed by atoms with Crippen LogP contribution in [0.1, 0.15) is 45.1 Å². The zero-order valence-electron chi connectivity index (χ0n) is 26.1. The lowest BCUT2D eigenvalue weighted by molar-refractivity contribution is -0.162. The number of allylic oxidation sites excluding steroid dienone is 1. The Morgan fingerprint density at radius 2 is 1.87 bits per heavy atom. The fourth-order valence-corrected chi connectivity index (χ4v) is 7.99. The monoisotopic (exact) mass is 634 g/mol. The van der Waals surface area contributed by atoms with Gasteiger partial charge in [-0.1, -0.05) is 73.1 Å². The van der Waals surface area contributed by atoms with Gasteiger partial charge in [0.1, 0.15) is 17.6 Å². The molecule has 8 nitrogen and oxygen atoms in total. The third kappa shape index (κ3) is 5.73. The first kappa shape index (κ1) is 32.9. The second-order valence-corrected chi connectivity index (χ2v) is 13.0. The number of fused-ring (bicyclic) bond motifs is 1. The summed E-state index contributed by atoms with van der Waals surface area (Å²) in [7, 11) is 0. The number of amides is 2. The predicted molar refractivity (Wildman–Crippen MR) is 174 cm³/mol. The number of hydrogen-bond donors (Lipinski definition) is 1. The highest BCUT2D eigenvalue weighted by molar-refractivity contribution is 6.34. The molecule has 2 amide bonds. The highest BCUT2D eigenvalue weighted by atomic mass is 35.5. The first-order valence-electron chi connectivity index (χ1n) is 15.8. The molecule has 0 aromatic heterocycles. The Balaban J connectivity index is 1.59. The third-order valence-corrected chi connectivity index (χ3v) is 10.2. The Hall–Kier alpha value is -3.46. The number of anilines is 1. The molecule has 1 spiro atoms. The zero-order chi connectivity index (χ0) is 32.4. The minimum absolute atomic E-state index is 0.132. The van der Waals surface area contributed by atoms with Crippen LogP contribution in [-0.2, 0) is 30.3 Å². The highest BCUT2D eigenvalue weighted by Crippen LogP contribution is 2.65. The minimum Gasteiger partial charge on any atom is -0.465 e. The highest BCUT2D eigenvalue weighted by Gasteiger charge is 2.80. The van der Waals surface area contributed by atoms with E-state index in [1.807, 2.05) is 50.3 Å². The molecule has 5 rings (SSSR count). The Labute approximate surface area is 270 Å². The van der Waals surface area contributed by atoms with Gasteiger partial charge < -0.3 is 24.4 Å². The number of unbranched alkanes of at least 4 members (excludes halogenated alkanes) is 2. The molecule has 9 heteroatoms. The predicted octanol–water partition coefficient (Wildman–Crippen LogP) is 5.37. The molecule has 0 radical (unpaired) electrons. The molecule has 7 atom stereocenters. The Kier molecular flexibility index (Phi) is 9.87. The maximum absolute atomic E-state index is 14.9. The van der Waals surface area contributed by atoms with Crippen LogP contribution < -0.4 is 4.90 Å². The minimum atomic E-state index is -1.31. The van der Waals surface area contributed by atoms with Gasteiger partial charge in [-0.2, -0.15) is 0 Å². The lowest BCUT2D eigenvalue weighted by atomic mass is 9.62. The summed E-state index contributed by atoms with van der Waals surface area (Å²) in [6.45, 7) is 11.4. The van der Waals surface area contributed by atoms with Gasteiger partial charge in [-0.25, -0.2) is 0 Å². The summed E-state index contributed by atoms with van der Waals surface area (Å²) in [5, 5.41) is 11.1. The Morgan fingerprint density at radius 1 is 1.16 bits per heavy atom. The first-order chi connectivity index (χ1) is 21.6. The van der Waals surface area contributed by atoms with E-state index in [0.717, 1.165) is 18.4 Å². The van der Waals surface area contributed by atoms with Gasteiger partial charge in [0.25, 0.3) is 5.91 Å². The second kappa shape index (κ2) is 13.5. The Bertz CT molecular complexity index is 1430. The summed E-state index contributed by atoms with van der Waals surface area (Å²) in [4.78, 5) is 46.5. The van der Waals surface area contributed by atoms with E-state index in [1.54, 1.807) is 30.3 Å². The number of para-hydroxylation sites is 1. The van der Waals surface area contributed by atoms with Crippen molar-refractivity contribution in [2.24, 2.45) is 17.8 Å². The number of rotatable bonds is 14. The van der Waals surface area contributed by atoms with Gasteiger partial charge in [0.2, 0.25) is 5.91 Å². The van der Waals surface area contributed by atoms with E-state index in [1.165, 1.54) is 9.80 Å². The van der Waals surface area contributed by atoms with E-state index >= 15 is 0 Å². The zero-order valence-corrected chi connectivity index (χ0v) is 26.8. The summed E-state index contributed by atoms with van der Waals surface area (Å²) in [6.07, 6.45) is 6.46. The molecular weight excluding hydrogens is 592 g/mol. The topological polar surface area (TPSA) is 96.4 Å². The van der Waals surface area contributed by atoms with Crippen molar-refractivity contribution < 1.29 is 29.0 Å². The smallest absolute Gasteiger partial charge is 0.312 e. The quantitative estimate of drug-likeness (QED) is 0.171. The summed E-state index contributed by atoms with van der Waals surface area (Å²) in [6, 6.07) is 14.7. The van der Waals surface area contributed by atoms with Gasteiger partial charge in [0.15, 0.2) is 0 Å². The van der Waals surface area contributed by atoms with Crippen LogP contribution in [0.15, 0.2) is 79.9 Å². The maximum atomic E-state index is 14.9. The maximum Gasteiger partial charge on any atom is 0.312 e. The van der Waals surface area contributed by atoms with Crippen molar-refractivity contribution in [2.45, 2.75) is 69.2 Å². The Morgan fingerprint density at radius 3 is 2.53 bits per heavy atom. The van der Waals surface area contributed by atoms with Crippen LogP contribution >= 0.6 is 11.6 Å². The molecule has 3 aliphatic heterocycles. The number of carbonyl (C=O) groups is 3. The van der Waals surface area contributed by atoms with Crippen LogP contribution in [0.2, 0.25) is 5.02 Å². The molecule has 3 fully saturated rings. The number of benzene rings is 2. The van der Waals surface area contributed by atoms with Gasteiger partial charge >= 0.3 is 5.97 Å². The molecule has 45 heavy (non-hydrogen) atoms. The largest absolute Gasteiger partial charge is 0.465 e.